The number of hydrogen-bond acceptors (Lipinski definition) is 11. The number of piperidine rings is 1. The maximum atomic E-state index is 12.6. The summed E-state index contributed by atoms with van der Waals surface area (Å²) in [7, 11) is 1.77. The van der Waals surface area contributed by atoms with Crippen molar-refractivity contribution in [3.63, 3.8) is 0 Å². The van der Waals surface area contributed by atoms with Gasteiger partial charge >= 0.3 is 0 Å². The minimum absolute atomic E-state index is 0.00749. The lowest BCUT2D eigenvalue weighted by atomic mass is 9.45. The van der Waals surface area contributed by atoms with Crippen molar-refractivity contribution in [3.05, 3.63) is 187 Å². The van der Waals surface area contributed by atoms with Crippen LogP contribution in [0.3, 0.4) is 0 Å². The van der Waals surface area contributed by atoms with Gasteiger partial charge < -0.3 is 54.4 Å². The minimum atomic E-state index is -0.785. The molecule has 1 aromatic heterocycles. The summed E-state index contributed by atoms with van der Waals surface area (Å²) in [4.78, 5) is 0. The van der Waals surface area contributed by atoms with Gasteiger partial charge in [0, 0.05) is 88.9 Å². The molecule has 12 heteroatoms. The fraction of sp³-hybridized carbons (Fsp3) is 0.447. The van der Waals surface area contributed by atoms with Crippen molar-refractivity contribution in [1.82, 2.24) is 15.2 Å². The maximum absolute atomic E-state index is 12.6. The number of nitrogens with zero attached hydrogens (tertiary/aromatic N) is 1. The van der Waals surface area contributed by atoms with Crippen LogP contribution in [0.5, 0.6) is 23.0 Å². The van der Waals surface area contributed by atoms with Crippen LogP contribution in [0.15, 0.2) is 126 Å². The third-order valence-electron chi connectivity index (χ3n) is 22.6. The van der Waals surface area contributed by atoms with Gasteiger partial charge in [-0.3, -0.25) is 5.32 Å². The highest BCUT2D eigenvalue weighted by atomic mass is 16.5. The highest BCUT2D eigenvalue weighted by molar-refractivity contribution is 5.89. The lowest BCUT2D eigenvalue weighted by Gasteiger charge is -2.63. The summed E-state index contributed by atoms with van der Waals surface area (Å²) < 4.78 is 30.4. The van der Waals surface area contributed by atoms with Gasteiger partial charge in [0.1, 0.15) is 42.4 Å². The molecule has 3 fully saturated rings. The summed E-state index contributed by atoms with van der Waals surface area (Å²) in [5.74, 6) is 9.85. The van der Waals surface area contributed by atoms with E-state index in [9.17, 15) is 25.5 Å². The van der Waals surface area contributed by atoms with E-state index in [1.807, 2.05) is 24.3 Å². The Morgan fingerprint density at radius 3 is 2.52 bits per heavy atom. The maximum Gasteiger partial charge on any atom is 0.168 e. The van der Waals surface area contributed by atoms with Crippen LogP contribution in [0.4, 0.5) is 0 Å². The Morgan fingerprint density at radius 1 is 0.807 bits per heavy atom. The van der Waals surface area contributed by atoms with Gasteiger partial charge in [0.15, 0.2) is 11.5 Å². The van der Waals surface area contributed by atoms with Crippen LogP contribution >= 0.6 is 0 Å². The molecule has 1 saturated carbocycles. The molecular weight excluding hydrogens is 1100 g/mol. The first-order valence-corrected chi connectivity index (χ1v) is 32.9. The Kier molecular flexibility index (Phi) is 14.3. The monoisotopic (exact) mass is 1180 g/mol. The molecule has 10 bridgehead atoms. The summed E-state index contributed by atoms with van der Waals surface area (Å²) in [5, 5.41) is 67.0. The molecule has 12 aliphatic rings. The Morgan fingerprint density at radius 2 is 1.67 bits per heavy atom. The SMILES string of the molecule is COC1CCC2=C3C#CC(CCc4ccc(O)c(Cc5cccc(O)c5)c4)CCC4C=CC5OC4CC(O)C4C=Cc6c(c(CO)cc(O)c6OCc6cc(C78c9c%10cccc9CCC7C7(CCCCC7)OCC8CC%10)cc7cn(cc67)C(=C35)NC2N1)C4. The molecule has 454 valence electrons. The second-order valence-corrected chi connectivity index (χ2v) is 27.3. The molecule has 0 radical (unpaired) electrons. The van der Waals surface area contributed by atoms with Crippen molar-refractivity contribution >= 4 is 22.7 Å². The highest BCUT2D eigenvalue weighted by Gasteiger charge is 2.63. The standard InChI is InChI=1S/C76H81N3O9/c1-85-69-28-24-60-58-22-14-44(11-12-45-15-25-63(82)51(31-45)32-46-7-5-10-57(81)33-46)13-16-47-19-26-66-70(58)74(78-73(60)77-69)79-39-52-34-56(76-55-21-17-48-8-6-9-49(71(48)76)20-27-68(76)75(87-43-55)29-3-2-4-30-75)35-54(62(52)40-79)42-86-72-59-23-18-50(64(83)38-67(47)88-66)36-61(59)53(41-80)37-65(72)84/h5-10,15,18-19,23,25-26,31,33-35,37,39-40,44,47,50,55,64,66-69,73,77-78,80-84H,2-4,11-13,16-17,20-21,24,27-30,32,36,38,41-43H2,1H3. The number of hydrogen-bond donors (Lipinski definition) is 7. The minimum Gasteiger partial charge on any atom is -0.508 e. The van der Waals surface area contributed by atoms with Gasteiger partial charge in [0.2, 0.25) is 0 Å². The second-order valence-electron chi connectivity index (χ2n) is 27.3. The van der Waals surface area contributed by atoms with Crippen LogP contribution in [0.2, 0.25) is 0 Å². The van der Waals surface area contributed by atoms with Gasteiger partial charge in [-0.1, -0.05) is 104 Å². The zero-order valence-electron chi connectivity index (χ0n) is 50.4. The fourth-order valence-corrected chi connectivity index (χ4v) is 18.4. The zero-order chi connectivity index (χ0) is 59.4. The Bertz CT molecular complexity index is 3950. The number of aliphatic hydroxyl groups is 2. The number of aromatic nitrogens is 1. The number of methoxy groups -OCH3 is 1. The first-order chi connectivity index (χ1) is 43.0. The number of fused-ring (bicyclic) bond motifs is 7. The number of dihydropyridines is 1. The summed E-state index contributed by atoms with van der Waals surface area (Å²) in [5.41, 5.74) is 14.6. The average molecular weight is 1180 g/mol. The molecule has 8 heterocycles. The van der Waals surface area contributed by atoms with Crippen LogP contribution in [-0.4, -0.2) is 80.1 Å². The van der Waals surface area contributed by atoms with Crippen molar-refractivity contribution in [2.24, 2.45) is 29.6 Å². The van der Waals surface area contributed by atoms with Crippen LogP contribution in [0.25, 0.3) is 22.7 Å². The number of aliphatic hydroxyl groups excluding tert-OH is 2. The number of phenols is 3. The van der Waals surface area contributed by atoms with Gasteiger partial charge in [0.05, 0.1) is 31.0 Å². The van der Waals surface area contributed by atoms with E-state index in [1.165, 1.54) is 41.5 Å². The second kappa shape index (κ2) is 22.4. The highest BCUT2D eigenvalue weighted by Crippen LogP contribution is 2.64. The van der Waals surface area contributed by atoms with E-state index >= 15 is 0 Å². The first kappa shape index (κ1) is 56.2. The molecule has 11 atom stereocenters. The molecule has 0 amide bonds. The van der Waals surface area contributed by atoms with Crippen molar-refractivity contribution in [2.45, 2.75) is 171 Å². The molecule has 1 spiro atoms. The molecule has 7 aliphatic heterocycles. The molecule has 18 rings (SSSR count). The molecule has 5 aromatic carbocycles. The predicted molar refractivity (Wildman–Crippen MR) is 339 cm³/mol. The van der Waals surface area contributed by atoms with Crippen LogP contribution in [-0.2, 0) is 64.9 Å². The molecular formula is C76H81N3O9. The summed E-state index contributed by atoms with van der Waals surface area (Å²) in [6.07, 6.45) is 27.2. The van der Waals surface area contributed by atoms with Crippen LogP contribution < -0.4 is 15.4 Å². The van der Waals surface area contributed by atoms with Crippen molar-refractivity contribution in [2.75, 3.05) is 13.7 Å². The van der Waals surface area contributed by atoms with E-state index in [0.29, 0.717) is 36.5 Å². The summed E-state index contributed by atoms with van der Waals surface area (Å²) >= 11 is 0. The largest absolute Gasteiger partial charge is 0.508 e. The molecule has 12 nitrogen and oxygen atoms in total. The van der Waals surface area contributed by atoms with E-state index < -0.39 is 12.2 Å². The molecule has 7 N–H and O–H groups in total. The van der Waals surface area contributed by atoms with Gasteiger partial charge in [-0.05, 0) is 181 Å². The average Bonchev–Trinajstić information content (AvgIpc) is 0.771. The number of nitrogens with one attached hydrogen (secondary N) is 2. The predicted octanol–water partition coefficient (Wildman–Crippen LogP) is 12.3. The number of rotatable bonds is 8. The van der Waals surface area contributed by atoms with Crippen molar-refractivity contribution in [1.29, 1.82) is 0 Å². The van der Waals surface area contributed by atoms with Gasteiger partial charge in [0.25, 0.3) is 0 Å². The first-order valence-electron chi connectivity index (χ1n) is 32.9. The number of aryl methyl sites for hydroxylation is 3. The van der Waals surface area contributed by atoms with Crippen LogP contribution in [0.1, 0.15) is 145 Å². The van der Waals surface area contributed by atoms with E-state index in [0.717, 1.165) is 145 Å². The molecule has 11 unspecified atom stereocenters. The van der Waals surface area contributed by atoms with E-state index in [4.69, 9.17) is 18.9 Å². The van der Waals surface area contributed by atoms with Crippen LogP contribution in [0, 0.1) is 41.4 Å². The molecule has 5 aliphatic carbocycles. The van der Waals surface area contributed by atoms with Crippen molar-refractivity contribution in [3.8, 4) is 34.8 Å². The number of benzene rings is 5. The lowest BCUT2D eigenvalue weighted by Crippen LogP contribution is -2.64. The van der Waals surface area contributed by atoms with E-state index in [1.54, 1.807) is 36.9 Å². The molecule has 2 saturated heterocycles. The smallest absolute Gasteiger partial charge is 0.168 e. The topological polar surface area (TPSA) is 167 Å². The van der Waals surface area contributed by atoms with Gasteiger partial charge in [-0.15, -0.1) is 0 Å². The Balaban J connectivity index is 0.886. The normalized spacial score (nSPS) is 29.8. The lowest BCUT2D eigenvalue weighted by molar-refractivity contribution is -0.193. The van der Waals surface area contributed by atoms with Crippen molar-refractivity contribution < 1.29 is 44.5 Å². The van der Waals surface area contributed by atoms with Gasteiger partial charge in [-0.2, -0.15) is 0 Å². The van der Waals surface area contributed by atoms with E-state index in [2.05, 4.69) is 94.1 Å². The molecule has 88 heavy (non-hydrogen) atoms. The Labute approximate surface area is 516 Å². The Hall–Kier alpha value is -7.08. The zero-order valence-corrected chi connectivity index (χ0v) is 50.4. The third-order valence-corrected chi connectivity index (χ3v) is 22.6. The molecule has 6 aromatic rings. The summed E-state index contributed by atoms with van der Waals surface area (Å²) in [6, 6.07) is 26.9. The third kappa shape index (κ3) is 9.47. The van der Waals surface area contributed by atoms with E-state index in [-0.39, 0.29) is 83.6 Å². The number of ether oxygens (including phenoxy) is 4. The quantitative estimate of drug-likeness (QED) is 0.0573. The summed E-state index contributed by atoms with van der Waals surface area (Å²) in [6.45, 7) is 0.654. The van der Waals surface area contributed by atoms with Gasteiger partial charge in [-0.25, -0.2) is 0 Å². The fourth-order valence-electron chi connectivity index (χ4n) is 18.4. The number of phenolic OH excluding ortho intramolecular Hbond substituents is 3. The number of aromatic hydroxyl groups is 3.